The van der Waals surface area contributed by atoms with Gasteiger partial charge >= 0.3 is 0 Å². The van der Waals surface area contributed by atoms with E-state index in [2.05, 4.69) is 52.1 Å². The number of nitrogens with two attached hydrogens (primary N) is 1. The molecule has 0 fully saturated rings. The van der Waals surface area contributed by atoms with Crippen molar-refractivity contribution in [3.05, 3.63) is 84.7 Å². The predicted octanol–water partition coefficient (Wildman–Crippen LogP) is 8.28. The number of hydrogen-bond acceptors (Lipinski definition) is 2. The molecule has 0 atom stereocenters. The normalized spacial score (nSPS) is 12.2. The van der Waals surface area contributed by atoms with Crippen molar-refractivity contribution in [3.8, 4) is 28.0 Å². The molecule has 0 aliphatic carbocycles. The molecule has 164 valence electrons. The number of benzene rings is 4. The van der Waals surface area contributed by atoms with Crippen molar-refractivity contribution in [2.75, 3.05) is 5.73 Å². The molecule has 0 heterocycles. The van der Waals surface area contributed by atoms with Crippen LogP contribution in [0, 0.1) is 5.82 Å². The average molecular weight is 444 g/mol. The third-order valence-corrected chi connectivity index (χ3v) is 10.9. The number of rotatable bonds is 4. The Hall–Kier alpha value is -3.11. The van der Waals surface area contributed by atoms with Crippen LogP contribution in [0.15, 0.2) is 78.9 Å². The molecule has 0 saturated heterocycles. The summed E-state index contributed by atoms with van der Waals surface area (Å²) in [5.41, 5.74) is 11.2. The first-order chi connectivity index (χ1) is 15.1. The Bertz CT molecular complexity index is 1260. The molecule has 4 rings (SSSR count). The van der Waals surface area contributed by atoms with E-state index in [4.69, 9.17) is 10.2 Å². The van der Waals surface area contributed by atoms with Crippen molar-refractivity contribution in [2.24, 2.45) is 0 Å². The minimum absolute atomic E-state index is 0.0273. The van der Waals surface area contributed by atoms with E-state index in [0.29, 0.717) is 5.69 Å². The van der Waals surface area contributed by atoms with Gasteiger partial charge in [0.25, 0.3) is 8.32 Å². The maximum atomic E-state index is 13.8. The lowest BCUT2D eigenvalue weighted by atomic mass is 9.88. The second kappa shape index (κ2) is 8.10. The van der Waals surface area contributed by atoms with Gasteiger partial charge in [0.1, 0.15) is 11.6 Å². The summed E-state index contributed by atoms with van der Waals surface area (Å²) in [6.45, 7) is 11.2. The molecule has 0 amide bonds. The van der Waals surface area contributed by atoms with E-state index in [1.54, 1.807) is 12.1 Å². The third kappa shape index (κ3) is 3.91. The second-order valence-electron chi connectivity index (χ2n) is 9.77. The Labute approximate surface area is 191 Å². The van der Waals surface area contributed by atoms with Crippen LogP contribution in [0.1, 0.15) is 20.8 Å². The van der Waals surface area contributed by atoms with Gasteiger partial charge in [0.05, 0.1) is 0 Å². The lowest BCUT2D eigenvalue weighted by Crippen LogP contribution is -2.44. The van der Waals surface area contributed by atoms with Gasteiger partial charge in [-0.2, -0.15) is 0 Å². The molecule has 4 heteroatoms. The molecule has 0 aromatic heterocycles. The molecule has 0 radical (unpaired) electrons. The van der Waals surface area contributed by atoms with E-state index < -0.39 is 8.32 Å². The fourth-order valence-electron chi connectivity index (χ4n) is 3.74. The highest BCUT2D eigenvalue weighted by Crippen LogP contribution is 2.50. The van der Waals surface area contributed by atoms with E-state index in [1.165, 1.54) is 12.1 Å². The number of nitrogen functional groups attached to an aromatic ring is 1. The lowest BCUT2D eigenvalue weighted by Gasteiger charge is -2.38. The first kappa shape index (κ1) is 22.1. The van der Waals surface area contributed by atoms with Gasteiger partial charge in [-0.25, -0.2) is 4.39 Å². The van der Waals surface area contributed by atoms with Crippen LogP contribution in [0.4, 0.5) is 10.1 Å². The van der Waals surface area contributed by atoms with Crippen LogP contribution in [0.2, 0.25) is 18.1 Å². The maximum Gasteiger partial charge on any atom is 0.250 e. The van der Waals surface area contributed by atoms with Gasteiger partial charge in [-0.15, -0.1) is 0 Å². The largest absolute Gasteiger partial charge is 0.543 e. The van der Waals surface area contributed by atoms with Crippen LogP contribution in [0.5, 0.6) is 5.75 Å². The molecule has 32 heavy (non-hydrogen) atoms. The molecule has 4 aromatic carbocycles. The van der Waals surface area contributed by atoms with Crippen molar-refractivity contribution in [2.45, 2.75) is 38.9 Å². The van der Waals surface area contributed by atoms with Gasteiger partial charge in [-0.1, -0.05) is 87.5 Å². The first-order valence-electron chi connectivity index (χ1n) is 10.9. The van der Waals surface area contributed by atoms with Crippen molar-refractivity contribution in [1.29, 1.82) is 0 Å². The second-order valence-corrected chi connectivity index (χ2v) is 14.5. The van der Waals surface area contributed by atoms with Gasteiger partial charge in [0.15, 0.2) is 0 Å². The number of fused-ring (bicyclic) bond motifs is 1. The van der Waals surface area contributed by atoms with Crippen LogP contribution in [-0.2, 0) is 0 Å². The Balaban J connectivity index is 2.15. The third-order valence-electron chi connectivity index (χ3n) is 6.57. The quantitative estimate of drug-likeness (QED) is 0.254. The molecule has 2 N–H and O–H groups in total. The number of hydrogen-bond donors (Lipinski definition) is 1. The molecule has 0 unspecified atom stereocenters. The molecule has 0 spiro atoms. The molecular formula is C28H30FNOSi. The van der Waals surface area contributed by atoms with E-state index >= 15 is 0 Å². The summed E-state index contributed by atoms with van der Waals surface area (Å²) in [7, 11) is -2.18. The molecular weight excluding hydrogens is 413 g/mol. The highest BCUT2D eigenvalue weighted by atomic mass is 28.4. The van der Waals surface area contributed by atoms with Gasteiger partial charge < -0.3 is 10.2 Å². The lowest BCUT2D eigenvalue weighted by molar-refractivity contribution is 0.498. The topological polar surface area (TPSA) is 35.2 Å². The molecule has 0 bridgehead atoms. The zero-order valence-electron chi connectivity index (χ0n) is 19.4. The zero-order valence-corrected chi connectivity index (χ0v) is 20.4. The van der Waals surface area contributed by atoms with Crippen LogP contribution in [0.3, 0.4) is 0 Å². The van der Waals surface area contributed by atoms with E-state index in [-0.39, 0.29) is 10.9 Å². The fourth-order valence-corrected chi connectivity index (χ4v) is 4.77. The van der Waals surface area contributed by atoms with Gasteiger partial charge in [0, 0.05) is 27.6 Å². The number of halogens is 1. The molecule has 2 nitrogen and oxygen atoms in total. The van der Waals surface area contributed by atoms with E-state index in [9.17, 15) is 4.39 Å². The monoisotopic (exact) mass is 443 g/mol. The Morgan fingerprint density at radius 2 is 1.25 bits per heavy atom. The summed E-state index contributed by atoms with van der Waals surface area (Å²) in [6, 6.07) is 24.9. The smallest absolute Gasteiger partial charge is 0.250 e. The molecule has 0 aliphatic rings. The Kier molecular flexibility index (Phi) is 5.59. The van der Waals surface area contributed by atoms with Crippen molar-refractivity contribution in [1.82, 2.24) is 0 Å². The average Bonchev–Trinajstić information content (AvgIpc) is 2.76. The van der Waals surface area contributed by atoms with Crippen molar-refractivity contribution >= 4 is 24.8 Å². The van der Waals surface area contributed by atoms with Crippen LogP contribution < -0.4 is 10.2 Å². The van der Waals surface area contributed by atoms with Crippen molar-refractivity contribution in [3.63, 3.8) is 0 Å². The number of anilines is 1. The summed E-state index contributed by atoms with van der Waals surface area (Å²) in [5.74, 6) is 0.582. The highest BCUT2D eigenvalue weighted by Gasteiger charge is 2.40. The predicted molar refractivity (Wildman–Crippen MR) is 137 cm³/mol. The summed E-state index contributed by atoms with van der Waals surface area (Å²) in [4.78, 5) is 0. The zero-order chi connectivity index (χ0) is 23.1. The summed E-state index contributed by atoms with van der Waals surface area (Å²) in [5, 5.41) is 1.97. The summed E-state index contributed by atoms with van der Waals surface area (Å²) < 4.78 is 20.8. The van der Waals surface area contributed by atoms with E-state index in [0.717, 1.165) is 38.8 Å². The summed E-state index contributed by atoms with van der Waals surface area (Å²) in [6.07, 6.45) is 0. The van der Waals surface area contributed by atoms with Crippen LogP contribution in [0.25, 0.3) is 33.0 Å². The van der Waals surface area contributed by atoms with Crippen LogP contribution in [-0.4, -0.2) is 8.32 Å². The Morgan fingerprint density at radius 3 is 1.84 bits per heavy atom. The van der Waals surface area contributed by atoms with Crippen molar-refractivity contribution < 1.29 is 8.82 Å². The first-order valence-corrected chi connectivity index (χ1v) is 13.9. The molecule has 0 aliphatic heterocycles. The Morgan fingerprint density at radius 1 is 0.719 bits per heavy atom. The molecule has 4 aromatic rings. The SMILES string of the molecule is CC(C)(C)[Si](C)(C)Oc1c(-c2ccccc2)c(-c2ccc(F)cc2)c(N)c2ccccc12. The molecule has 0 saturated carbocycles. The van der Waals surface area contributed by atoms with Gasteiger partial charge in [-0.3, -0.25) is 0 Å². The maximum absolute atomic E-state index is 13.8. The van der Waals surface area contributed by atoms with E-state index in [1.807, 2.05) is 36.4 Å². The fraction of sp³-hybridized carbons (Fsp3) is 0.214. The van der Waals surface area contributed by atoms with Gasteiger partial charge in [0.2, 0.25) is 0 Å². The van der Waals surface area contributed by atoms with Crippen LogP contribution >= 0.6 is 0 Å². The standard InChI is InChI=1S/C28H30FNOSi/c1-28(2,3)32(4,5)31-27-23-14-10-9-13-22(23)26(30)24(20-15-17-21(29)18-16-20)25(27)19-11-7-6-8-12-19/h6-18H,30H2,1-5H3. The van der Waals surface area contributed by atoms with Gasteiger partial charge in [-0.05, 0) is 41.4 Å². The minimum Gasteiger partial charge on any atom is -0.543 e. The summed E-state index contributed by atoms with van der Waals surface area (Å²) >= 11 is 0. The highest BCUT2D eigenvalue weighted by molar-refractivity contribution is 6.75. The minimum atomic E-state index is -2.18.